The first-order chi connectivity index (χ1) is 8.97. The Balaban J connectivity index is 2.42. The molecular formula is C15H30N2O2. The van der Waals surface area contributed by atoms with E-state index in [0.29, 0.717) is 19.0 Å². The lowest BCUT2D eigenvalue weighted by Crippen LogP contribution is -2.45. The molecule has 0 heterocycles. The molecule has 0 radical (unpaired) electrons. The quantitative estimate of drug-likeness (QED) is 0.644. The van der Waals surface area contributed by atoms with Crippen molar-refractivity contribution in [2.45, 2.75) is 64.4 Å². The molecule has 4 nitrogen and oxygen atoms in total. The molecule has 0 aliphatic heterocycles. The van der Waals surface area contributed by atoms with Gasteiger partial charge in [-0.05, 0) is 25.2 Å². The number of hydrogen-bond acceptors (Lipinski definition) is 3. The Kier molecular flexibility index (Phi) is 6.80. The normalized spacial score (nSPS) is 20.9. The van der Waals surface area contributed by atoms with Crippen molar-refractivity contribution in [3.63, 3.8) is 0 Å². The van der Waals surface area contributed by atoms with Gasteiger partial charge in [0.1, 0.15) is 0 Å². The van der Waals surface area contributed by atoms with E-state index >= 15 is 0 Å². The van der Waals surface area contributed by atoms with Crippen molar-refractivity contribution >= 4 is 5.91 Å². The third-order valence-corrected chi connectivity index (χ3v) is 4.04. The smallest absolute Gasteiger partial charge is 0.224 e. The van der Waals surface area contributed by atoms with Crippen LogP contribution in [0.25, 0.3) is 0 Å². The molecule has 1 atom stereocenters. The van der Waals surface area contributed by atoms with Crippen LogP contribution < -0.4 is 11.1 Å². The van der Waals surface area contributed by atoms with E-state index in [4.69, 9.17) is 5.73 Å². The maximum Gasteiger partial charge on any atom is 0.224 e. The fourth-order valence-corrected chi connectivity index (χ4v) is 2.84. The molecule has 0 saturated heterocycles. The summed E-state index contributed by atoms with van der Waals surface area (Å²) in [5.74, 6) is 0.323. The lowest BCUT2D eigenvalue weighted by molar-refractivity contribution is -0.126. The van der Waals surface area contributed by atoms with Gasteiger partial charge in [0, 0.05) is 13.1 Å². The number of aliphatic hydroxyl groups is 1. The second kappa shape index (κ2) is 7.85. The molecule has 1 unspecified atom stereocenters. The SMILES string of the molecule is CC(C)CC(CN)C(=O)NCC1(O)CCCCCC1. The van der Waals surface area contributed by atoms with Gasteiger partial charge in [0.25, 0.3) is 0 Å². The molecule has 0 aromatic heterocycles. The average Bonchev–Trinajstić information content (AvgIpc) is 2.58. The summed E-state index contributed by atoms with van der Waals surface area (Å²) in [5, 5.41) is 13.4. The van der Waals surface area contributed by atoms with Crippen LogP contribution in [0.5, 0.6) is 0 Å². The van der Waals surface area contributed by atoms with Crippen LogP contribution >= 0.6 is 0 Å². The predicted molar refractivity (Wildman–Crippen MR) is 77.7 cm³/mol. The summed E-state index contributed by atoms with van der Waals surface area (Å²) < 4.78 is 0. The summed E-state index contributed by atoms with van der Waals surface area (Å²) in [4.78, 5) is 12.1. The van der Waals surface area contributed by atoms with Gasteiger partial charge in [-0.15, -0.1) is 0 Å². The molecule has 1 aliphatic rings. The summed E-state index contributed by atoms with van der Waals surface area (Å²) in [7, 11) is 0. The van der Waals surface area contributed by atoms with Crippen molar-refractivity contribution in [1.29, 1.82) is 0 Å². The highest BCUT2D eigenvalue weighted by Gasteiger charge is 2.29. The zero-order chi connectivity index (χ0) is 14.3. The first-order valence-corrected chi connectivity index (χ1v) is 7.67. The van der Waals surface area contributed by atoms with E-state index < -0.39 is 5.60 Å². The van der Waals surface area contributed by atoms with Crippen LogP contribution in [0.3, 0.4) is 0 Å². The number of nitrogens with two attached hydrogens (primary N) is 1. The van der Waals surface area contributed by atoms with Gasteiger partial charge in [-0.3, -0.25) is 4.79 Å². The van der Waals surface area contributed by atoms with Gasteiger partial charge < -0.3 is 16.2 Å². The molecule has 19 heavy (non-hydrogen) atoms. The Morgan fingerprint density at radius 1 is 1.26 bits per heavy atom. The summed E-state index contributed by atoms with van der Waals surface area (Å²) in [6.45, 7) is 4.94. The number of carbonyl (C=O) groups excluding carboxylic acids is 1. The van der Waals surface area contributed by atoms with E-state index in [1.807, 2.05) is 0 Å². The van der Waals surface area contributed by atoms with Gasteiger partial charge in [0.2, 0.25) is 5.91 Å². The highest BCUT2D eigenvalue weighted by atomic mass is 16.3. The topological polar surface area (TPSA) is 75.4 Å². The lowest BCUT2D eigenvalue weighted by Gasteiger charge is -2.28. The summed E-state index contributed by atoms with van der Waals surface area (Å²) in [6, 6.07) is 0. The van der Waals surface area contributed by atoms with Crippen molar-refractivity contribution in [1.82, 2.24) is 5.32 Å². The molecule has 0 aromatic carbocycles. The van der Waals surface area contributed by atoms with Crippen LogP contribution in [0.1, 0.15) is 58.8 Å². The Bertz CT molecular complexity index is 271. The summed E-state index contributed by atoms with van der Waals surface area (Å²) in [5.41, 5.74) is 4.96. The molecule has 4 heteroatoms. The van der Waals surface area contributed by atoms with Crippen LogP contribution in [-0.2, 0) is 4.79 Å². The third kappa shape index (κ3) is 5.91. The average molecular weight is 270 g/mol. The first kappa shape index (κ1) is 16.4. The Morgan fingerprint density at radius 2 is 1.84 bits per heavy atom. The minimum Gasteiger partial charge on any atom is -0.388 e. The number of rotatable bonds is 6. The van der Waals surface area contributed by atoms with E-state index in [-0.39, 0.29) is 11.8 Å². The van der Waals surface area contributed by atoms with E-state index in [1.165, 1.54) is 12.8 Å². The van der Waals surface area contributed by atoms with Crippen LogP contribution in [-0.4, -0.2) is 29.7 Å². The molecule has 1 rings (SSSR count). The highest BCUT2D eigenvalue weighted by molar-refractivity contribution is 5.78. The van der Waals surface area contributed by atoms with Crippen LogP contribution in [0.4, 0.5) is 0 Å². The molecule has 1 fully saturated rings. The number of carbonyl (C=O) groups is 1. The Labute approximate surface area is 117 Å². The minimum absolute atomic E-state index is 0.00567. The van der Waals surface area contributed by atoms with Crippen molar-refractivity contribution in [3.8, 4) is 0 Å². The maximum atomic E-state index is 12.1. The monoisotopic (exact) mass is 270 g/mol. The molecule has 4 N–H and O–H groups in total. The second-order valence-corrected chi connectivity index (χ2v) is 6.42. The highest BCUT2D eigenvalue weighted by Crippen LogP contribution is 2.26. The number of hydrogen-bond donors (Lipinski definition) is 3. The largest absolute Gasteiger partial charge is 0.388 e. The van der Waals surface area contributed by atoms with Gasteiger partial charge in [0.05, 0.1) is 11.5 Å². The van der Waals surface area contributed by atoms with Gasteiger partial charge in [-0.2, -0.15) is 0 Å². The molecule has 1 amide bonds. The summed E-state index contributed by atoms with van der Waals surface area (Å²) >= 11 is 0. The molecule has 0 aromatic rings. The molecule has 1 aliphatic carbocycles. The van der Waals surface area contributed by atoms with E-state index in [0.717, 1.165) is 32.1 Å². The predicted octanol–water partition coefficient (Wildman–Crippen LogP) is 1.81. The summed E-state index contributed by atoms with van der Waals surface area (Å²) in [6.07, 6.45) is 6.89. The van der Waals surface area contributed by atoms with E-state index in [1.54, 1.807) is 0 Å². The van der Waals surface area contributed by atoms with Gasteiger partial charge in [0.15, 0.2) is 0 Å². The fourth-order valence-electron chi connectivity index (χ4n) is 2.84. The van der Waals surface area contributed by atoms with Crippen LogP contribution in [0.15, 0.2) is 0 Å². The minimum atomic E-state index is -0.705. The van der Waals surface area contributed by atoms with Crippen molar-refractivity contribution in [2.75, 3.05) is 13.1 Å². The van der Waals surface area contributed by atoms with Crippen molar-refractivity contribution in [2.24, 2.45) is 17.6 Å². The number of amides is 1. The maximum absolute atomic E-state index is 12.1. The zero-order valence-corrected chi connectivity index (χ0v) is 12.5. The molecular weight excluding hydrogens is 240 g/mol. The Morgan fingerprint density at radius 3 is 2.32 bits per heavy atom. The van der Waals surface area contributed by atoms with Crippen LogP contribution in [0, 0.1) is 11.8 Å². The third-order valence-electron chi connectivity index (χ3n) is 4.04. The van der Waals surface area contributed by atoms with Crippen molar-refractivity contribution < 1.29 is 9.90 Å². The Hall–Kier alpha value is -0.610. The lowest BCUT2D eigenvalue weighted by atomic mass is 9.93. The molecule has 0 spiro atoms. The number of nitrogens with one attached hydrogen (secondary N) is 1. The van der Waals surface area contributed by atoms with Gasteiger partial charge in [-0.1, -0.05) is 39.5 Å². The van der Waals surface area contributed by atoms with Crippen molar-refractivity contribution in [3.05, 3.63) is 0 Å². The van der Waals surface area contributed by atoms with E-state index in [2.05, 4.69) is 19.2 Å². The van der Waals surface area contributed by atoms with Crippen LogP contribution in [0.2, 0.25) is 0 Å². The standard InChI is InChI=1S/C15H30N2O2/c1-12(2)9-13(10-16)14(18)17-11-15(19)7-5-3-4-6-8-15/h12-13,19H,3-11,16H2,1-2H3,(H,17,18). The zero-order valence-electron chi connectivity index (χ0n) is 12.5. The fraction of sp³-hybridized carbons (Fsp3) is 0.933. The first-order valence-electron chi connectivity index (χ1n) is 7.67. The van der Waals surface area contributed by atoms with Gasteiger partial charge >= 0.3 is 0 Å². The molecule has 0 bridgehead atoms. The second-order valence-electron chi connectivity index (χ2n) is 6.42. The van der Waals surface area contributed by atoms with Gasteiger partial charge in [-0.25, -0.2) is 0 Å². The van der Waals surface area contributed by atoms with E-state index in [9.17, 15) is 9.90 Å². The molecule has 1 saturated carbocycles. The molecule has 112 valence electrons.